The fourth-order valence-corrected chi connectivity index (χ4v) is 3.90. The van der Waals surface area contributed by atoms with Gasteiger partial charge in [0, 0.05) is 36.4 Å². The van der Waals surface area contributed by atoms with Gasteiger partial charge in [-0.25, -0.2) is 8.78 Å². The molecule has 1 aliphatic heterocycles. The van der Waals surface area contributed by atoms with Crippen LogP contribution in [0.15, 0.2) is 22.7 Å². The molecule has 2 aliphatic rings. The molecule has 1 heterocycles. The molecule has 19 heavy (non-hydrogen) atoms. The van der Waals surface area contributed by atoms with E-state index in [1.165, 1.54) is 11.1 Å². The van der Waals surface area contributed by atoms with Crippen molar-refractivity contribution in [2.45, 2.75) is 44.1 Å². The van der Waals surface area contributed by atoms with Crippen molar-refractivity contribution in [2.75, 3.05) is 13.1 Å². The predicted octanol–water partition coefficient (Wildman–Crippen LogP) is 4.56. The fraction of sp³-hybridized carbons (Fsp3) is 0.600. The molecule has 1 fully saturated rings. The lowest BCUT2D eigenvalue weighted by Crippen LogP contribution is -2.42. The first-order chi connectivity index (χ1) is 9.07. The molecule has 0 radical (unpaired) electrons. The average Bonchev–Trinajstić information content (AvgIpc) is 2.39. The first kappa shape index (κ1) is 13.5. The first-order valence-corrected chi connectivity index (χ1v) is 7.75. The Morgan fingerprint density at radius 3 is 2.68 bits per heavy atom. The maximum absolute atomic E-state index is 13.3. The van der Waals surface area contributed by atoms with Crippen molar-refractivity contribution in [1.29, 1.82) is 0 Å². The lowest BCUT2D eigenvalue weighted by molar-refractivity contribution is -0.0646. The number of likely N-dealkylation sites (tertiary alicyclic amines) is 1. The number of hydrogen-bond acceptors (Lipinski definition) is 1. The highest BCUT2D eigenvalue weighted by Gasteiger charge is 2.37. The highest BCUT2D eigenvalue weighted by atomic mass is 79.9. The molecule has 1 nitrogen and oxygen atoms in total. The van der Waals surface area contributed by atoms with Crippen LogP contribution in [0, 0.1) is 0 Å². The highest BCUT2D eigenvalue weighted by Crippen LogP contribution is 2.40. The largest absolute Gasteiger partial charge is 0.296 e. The van der Waals surface area contributed by atoms with Gasteiger partial charge in [-0.15, -0.1) is 0 Å². The van der Waals surface area contributed by atoms with Gasteiger partial charge in [0.15, 0.2) is 0 Å². The standard InChI is InChI=1S/C15H18BrF2N/c16-13-5-1-4-12-11(13)3-2-6-14(12)19-9-7-15(17,18)8-10-19/h1,4-5,14H,2-3,6-10H2. The Kier molecular flexibility index (Phi) is 3.65. The van der Waals surface area contributed by atoms with E-state index in [2.05, 4.69) is 39.0 Å². The molecule has 1 aliphatic carbocycles. The third-order valence-electron chi connectivity index (χ3n) is 4.39. The van der Waals surface area contributed by atoms with E-state index < -0.39 is 5.92 Å². The number of piperidine rings is 1. The molecule has 0 N–H and O–H groups in total. The molecule has 0 spiro atoms. The maximum atomic E-state index is 13.3. The van der Waals surface area contributed by atoms with E-state index >= 15 is 0 Å². The molecule has 3 rings (SSSR count). The molecule has 1 aromatic carbocycles. The van der Waals surface area contributed by atoms with Crippen LogP contribution in [0.5, 0.6) is 0 Å². The molecule has 1 atom stereocenters. The minimum Gasteiger partial charge on any atom is -0.296 e. The summed E-state index contributed by atoms with van der Waals surface area (Å²) in [7, 11) is 0. The Bertz CT molecular complexity index is 465. The number of halogens is 3. The molecule has 1 aromatic rings. The third kappa shape index (κ3) is 2.70. The van der Waals surface area contributed by atoms with Crippen molar-refractivity contribution >= 4 is 15.9 Å². The van der Waals surface area contributed by atoms with Crippen LogP contribution in [0.25, 0.3) is 0 Å². The fourth-order valence-electron chi connectivity index (χ4n) is 3.32. The molecule has 4 heteroatoms. The van der Waals surface area contributed by atoms with Crippen molar-refractivity contribution in [2.24, 2.45) is 0 Å². The summed E-state index contributed by atoms with van der Waals surface area (Å²) >= 11 is 3.61. The molecule has 104 valence electrons. The molecule has 1 unspecified atom stereocenters. The lowest BCUT2D eigenvalue weighted by Gasteiger charge is -2.40. The van der Waals surface area contributed by atoms with Gasteiger partial charge < -0.3 is 0 Å². The SMILES string of the molecule is FC1(F)CCN(C2CCCc3c(Br)cccc32)CC1. The van der Waals surface area contributed by atoms with Crippen LogP contribution < -0.4 is 0 Å². The Morgan fingerprint density at radius 1 is 1.21 bits per heavy atom. The number of nitrogens with zero attached hydrogens (tertiary/aromatic N) is 1. The molecule has 0 amide bonds. The zero-order valence-electron chi connectivity index (χ0n) is 10.8. The minimum atomic E-state index is -2.45. The van der Waals surface area contributed by atoms with Crippen molar-refractivity contribution in [3.63, 3.8) is 0 Å². The predicted molar refractivity (Wildman–Crippen MR) is 75.6 cm³/mol. The van der Waals surface area contributed by atoms with E-state index in [1.807, 2.05) is 0 Å². The second-order valence-corrected chi connectivity index (χ2v) is 6.46. The molecule has 0 bridgehead atoms. The van der Waals surface area contributed by atoms with Gasteiger partial charge >= 0.3 is 0 Å². The van der Waals surface area contributed by atoms with Crippen molar-refractivity contribution in [1.82, 2.24) is 4.90 Å². The summed E-state index contributed by atoms with van der Waals surface area (Å²) < 4.78 is 27.7. The normalized spacial score (nSPS) is 27.0. The second kappa shape index (κ2) is 5.13. The summed E-state index contributed by atoms with van der Waals surface area (Å²) in [5, 5.41) is 0. The molecular formula is C15H18BrF2N. The van der Waals surface area contributed by atoms with E-state index in [-0.39, 0.29) is 12.8 Å². The van der Waals surface area contributed by atoms with Gasteiger partial charge in [-0.1, -0.05) is 28.1 Å². The van der Waals surface area contributed by atoms with Crippen LogP contribution >= 0.6 is 15.9 Å². The Hall–Kier alpha value is -0.480. The van der Waals surface area contributed by atoms with Crippen LogP contribution in [0.2, 0.25) is 0 Å². The van der Waals surface area contributed by atoms with E-state index in [0.29, 0.717) is 19.1 Å². The Labute approximate surface area is 121 Å². The monoisotopic (exact) mass is 329 g/mol. The van der Waals surface area contributed by atoms with Crippen LogP contribution in [0.1, 0.15) is 42.9 Å². The van der Waals surface area contributed by atoms with Gasteiger partial charge in [-0.2, -0.15) is 0 Å². The Balaban J connectivity index is 1.83. The van der Waals surface area contributed by atoms with Gasteiger partial charge in [0.05, 0.1) is 0 Å². The second-order valence-electron chi connectivity index (χ2n) is 5.61. The average molecular weight is 330 g/mol. The summed E-state index contributed by atoms with van der Waals surface area (Å²) in [6, 6.07) is 6.62. The lowest BCUT2D eigenvalue weighted by atomic mass is 9.86. The van der Waals surface area contributed by atoms with Gasteiger partial charge in [0.2, 0.25) is 0 Å². The first-order valence-electron chi connectivity index (χ1n) is 6.96. The zero-order valence-corrected chi connectivity index (χ0v) is 12.4. The Morgan fingerprint density at radius 2 is 1.95 bits per heavy atom. The van der Waals surface area contributed by atoms with Gasteiger partial charge in [0.25, 0.3) is 5.92 Å². The van der Waals surface area contributed by atoms with Crippen LogP contribution in [-0.2, 0) is 6.42 Å². The van der Waals surface area contributed by atoms with Crippen LogP contribution in [0.3, 0.4) is 0 Å². The zero-order chi connectivity index (χ0) is 13.5. The van der Waals surface area contributed by atoms with Crippen molar-refractivity contribution in [3.8, 4) is 0 Å². The summed E-state index contributed by atoms with van der Waals surface area (Å²) in [4.78, 5) is 2.25. The summed E-state index contributed by atoms with van der Waals surface area (Å²) in [5.74, 6) is -2.45. The summed E-state index contributed by atoms with van der Waals surface area (Å²) in [6.45, 7) is 1.03. The smallest absolute Gasteiger partial charge is 0.250 e. The minimum absolute atomic E-state index is 0.00678. The maximum Gasteiger partial charge on any atom is 0.250 e. The molecular weight excluding hydrogens is 312 g/mol. The number of fused-ring (bicyclic) bond motifs is 1. The highest BCUT2D eigenvalue weighted by molar-refractivity contribution is 9.10. The van der Waals surface area contributed by atoms with Gasteiger partial charge in [-0.05, 0) is 36.5 Å². The van der Waals surface area contributed by atoms with E-state index in [1.54, 1.807) is 0 Å². The van der Waals surface area contributed by atoms with Gasteiger partial charge in [0.1, 0.15) is 0 Å². The van der Waals surface area contributed by atoms with Crippen molar-refractivity contribution < 1.29 is 8.78 Å². The van der Waals surface area contributed by atoms with Crippen LogP contribution in [-0.4, -0.2) is 23.9 Å². The van der Waals surface area contributed by atoms with E-state index in [9.17, 15) is 8.78 Å². The number of hydrogen-bond donors (Lipinski definition) is 0. The molecule has 0 aromatic heterocycles. The topological polar surface area (TPSA) is 3.24 Å². The summed E-state index contributed by atoms with van der Waals surface area (Å²) in [6.07, 6.45) is 3.35. The van der Waals surface area contributed by atoms with E-state index in [4.69, 9.17) is 0 Å². The quantitative estimate of drug-likeness (QED) is 0.730. The van der Waals surface area contributed by atoms with E-state index in [0.717, 1.165) is 23.7 Å². The summed E-state index contributed by atoms with van der Waals surface area (Å²) in [5.41, 5.74) is 2.71. The number of rotatable bonds is 1. The number of benzene rings is 1. The number of alkyl halides is 2. The molecule has 1 saturated heterocycles. The van der Waals surface area contributed by atoms with Crippen LogP contribution in [0.4, 0.5) is 8.78 Å². The van der Waals surface area contributed by atoms with Gasteiger partial charge in [-0.3, -0.25) is 4.90 Å². The van der Waals surface area contributed by atoms with Crippen molar-refractivity contribution in [3.05, 3.63) is 33.8 Å². The third-order valence-corrected chi connectivity index (χ3v) is 5.13. The molecule has 0 saturated carbocycles.